The molecule has 1 N–H and O–H groups in total. The minimum atomic E-state index is -1.35. The number of carbonyl (C=O) groups excluding carboxylic acids is 1. The van der Waals surface area contributed by atoms with Gasteiger partial charge in [-0.05, 0) is 43.7 Å². The Hall–Kier alpha value is -2.62. The molecule has 0 saturated heterocycles. The molecule has 1 unspecified atom stereocenters. The van der Waals surface area contributed by atoms with Crippen molar-refractivity contribution in [3.63, 3.8) is 0 Å². The maximum absolute atomic E-state index is 14.6. The van der Waals surface area contributed by atoms with Crippen molar-refractivity contribution in [1.82, 2.24) is 0 Å². The van der Waals surface area contributed by atoms with Crippen molar-refractivity contribution >= 4 is 35.1 Å². The van der Waals surface area contributed by atoms with Crippen LogP contribution in [0.15, 0.2) is 24.3 Å². The number of carboxylic acid groups (broad SMARTS) is 1. The molecule has 140 valence electrons. The van der Waals surface area contributed by atoms with Gasteiger partial charge in [0.15, 0.2) is 0 Å². The second-order valence-corrected chi connectivity index (χ2v) is 6.40. The minimum absolute atomic E-state index is 0.000761. The number of carboxylic acids is 1. The highest BCUT2D eigenvalue weighted by atomic mass is 35.5. The zero-order valence-corrected chi connectivity index (χ0v) is 15.9. The van der Waals surface area contributed by atoms with Gasteiger partial charge in [0, 0.05) is 21.2 Å². The third-order valence-electron chi connectivity index (χ3n) is 3.96. The Morgan fingerprint density at radius 3 is 2.52 bits per heavy atom. The van der Waals surface area contributed by atoms with E-state index >= 15 is 0 Å². The number of aromatic carboxylic acids is 1. The fraction of sp³-hybridized carbons (Fsp3) is 0.211. The minimum Gasteiger partial charge on any atom is -0.478 e. The maximum Gasteiger partial charge on any atom is 0.337 e. The van der Waals surface area contributed by atoms with Crippen LogP contribution in [0, 0.1) is 17.1 Å². The first-order valence-electron chi connectivity index (χ1n) is 7.84. The number of ether oxygens (including phenoxy) is 1. The van der Waals surface area contributed by atoms with Crippen molar-refractivity contribution in [2.24, 2.45) is 0 Å². The zero-order valence-electron chi connectivity index (χ0n) is 14.3. The third-order valence-corrected chi connectivity index (χ3v) is 4.60. The molecule has 1 atom stereocenters. The number of rotatable bonds is 5. The van der Waals surface area contributed by atoms with Crippen molar-refractivity contribution in [1.29, 1.82) is 5.26 Å². The molecule has 2 aromatic rings. The second-order valence-electron chi connectivity index (χ2n) is 5.59. The van der Waals surface area contributed by atoms with Crippen LogP contribution in [0.5, 0.6) is 0 Å². The molecule has 0 radical (unpaired) electrons. The van der Waals surface area contributed by atoms with E-state index in [2.05, 4.69) is 0 Å². The number of halogens is 3. The summed E-state index contributed by atoms with van der Waals surface area (Å²) >= 11 is 12.2. The molecule has 0 bridgehead atoms. The van der Waals surface area contributed by atoms with E-state index in [1.54, 1.807) is 19.9 Å². The summed E-state index contributed by atoms with van der Waals surface area (Å²) in [6, 6.07) is 6.48. The number of hydrogen-bond donors (Lipinski definition) is 1. The van der Waals surface area contributed by atoms with E-state index in [9.17, 15) is 24.3 Å². The van der Waals surface area contributed by atoms with Gasteiger partial charge in [-0.3, -0.25) is 4.79 Å². The van der Waals surface area contributed by atoms with Crippen molar-refractivity contribution in [3.05, 3.63) is 56.8 Å². The Bertz CT molecular complexity index is 969. The van der Waals surface area contributed by atoms with Crippen molar-refractivity contribution in [2.75, 3.05) is 6.61 Å². The standard InChI is InChI=1S/C19H14Cl2FNO4/c1-3-27-19(26)9(2)11-6-12(16(22)7-15(11)21)17-13(8-23)10(18(24)25)4-5-14(17)20/h4-7,9H,3H2,1-2H3,(H,24,25). The Balaban J connectivity index is 2.76. The Kier molecular flexibility index (Phi) is 6.42. The number of hydrogen-bond acceptors (Lipinski definition) is 4. The summed E-state index contributed by atoms with van der Waals surface area (Å²) in [6.07, 6.45) is 0. The molecular formula is C19H14Cl2FNO4. The van der Waals surface area contributed by atoms with Gasteiger partial charge in [0.1, 0.15) is 11.9 Å². The van der Waals surface area contributed by atoms with Crippen LogP contribution in [0.1, 0.15) is 41.3 Å². The summed E-state index contributed by atoms with van der Waals surface area (Å²) in [5.74, 6) is -3.51. The van der Waals surface area contributed by atoms with Crippen LogP contribution in [0.25, 0.3) is 11.1 Å². The summed E-state index contributed by atoms with van der Waals surface area (Å²) in [6.45, 7) is 3.36. The van der Waals surface area contributed by atoms with Crippen LogP contribution in [-0.2, 0) is 9.53 Å². The van der Waals surface area contributed by atoms with Gasteiger partial charge in [-0.15, -0.1) is 0 Å². The fourth-order valence-corrected chi connectivity index (χ4v) is 3.19. The maximum atomic E-state index is 14.6. The molecule has 2 rings (SSSR count). The summed E-state index contributed by atoms with van der Waals surface area (Å²) in [5.41, 5.74) is -0.537. The fourth-order valence-electron chi connectivity index (χ4n) is 2.62. The molecule has 0 amide bonds. The molecule has 0 aliphatic heterocycles. The third kappa shape index (κ3) is 4.05. The molecule has 5 nitrogen and oxygen atoms in total. The van der Waals surface area contributed by atoms with E-state index in [0.29, 0.717) is 0 Å². The van der Waals surface area contributed by atoms with Crippen LogP contribution in [0.3, 0.4) is 0 Å². The summed E-state index contributed by atoms with van der Waals surface area (Å²) < 4.78 is 19.6. The molecule has 0 aliphatic carbocycles. The van der Waals surface area contributed by atoms with Gasteiger partial charge in [-0.25, -0.2) is 9.18 Å². The normalized spacial score (nSPS) is 11.6. The van der Waals surface area contributed by atoms with Crippen molar-refractivity contribution in [3.8, 4) is 17.2 Å². The van der Waals surface area contributed by atoms with Gasteiger partial charge in [-0.1, -0.05) is 23.2 Å². The summed E-state index contributed by atoms with van der Waals surface area (Å²) in [4.78, 5) is 23.4. The highest BCUT2D eigenvalue weighted by Gasteiger charge is 2.25. The van der Waals surface area contributed by atoms with Gasteiger partial charge in [-0.2, -0.15) is 5.26 Å². The zero-order chi connectivity index (χ0) is 20.3. The van der Waals surface area contributed by atoms with Crippen LogP contribution >= 0.6 is 23.2 Å². The molecule has 8 heteroatoms. The van der Waals surface area contributed by atoms with Crippen LogP contribution in [0.2, 0.25) is 10.0 Å². The molecule has 0 spiro atoms. The first kappa shape index (κ1) is 20.7. The predicted octanol–water partition coefficient (Wildman–Crippen LogP) is 5.04. The first-order chi connectivity index (χ1) is 12.7. The predicted molar refractivity (Wildman–Crippen MR) is 98.6 cm³/mol. The quantitative estimate of drug-likeness (QED) is 0.699. The van der Waals surface area contributed by atoms with Crippen LogP contribution < -0.4 is 0 Å². The van der Waals surface area contributed by atoms with Crippen LogP contribution in [-0.4, -0.2) is 23.7 Å². The average molecular weight is 410 g/mol. The SMILES string of the molecule is CCOC(=O)C(C)c1cc(-c2c(Cl)ccc(C(=O)O)c2C#N)c(F)cc1Cl. The number of esters is 1. The van der Waals surface area contributed by atoms with Gasteiger partial charge in [0.25, 0.3) is 0 Å². The average Bonchev–Trinajstić information content (AvgIpc) is 2.61. The van der Waals surface area contributed by atoms with E-state index < -0.39 is 23.7 Å². The first-order valence-corrected chi connectivity index (χ1v) is 8.60. The molecular weight excluding hydrogens is 396 g/mol. The molecule has 0 aromatic heterocycles. The lowest BCUT2D eigenvalue weighted by Gasteiger charge is -2.16. The monoisotopic (exact) mass is 409 g/mol. The number of nitrogens with zero attached hydrogens (tertiary/aromatic N) is 1. The van der Waals surface area contributed by atoms with E-state index in [1.165, 1.54) is 18.2 Å². The summed E-state index contributed by atoms with van der Waals surface area (Å²) in [5, 5.41) is 18.7. The largest absolute Gasteiger partial charge is 0.478 e. The molecule has 27 heavy (non-hydrogen) atoms. The van der Waals surface area contributed by atoms with Crippen LogP contribution in [0.4, 0.5) is 4.39 Å². The van der Waals surface area contributed by atoms with Gasteiger partial charge < -0.3 is 9.84 Å². The van der Waals surface area contributed by atoms with Crippen molar-refractivity contribution < 1.29 is 23.8 Å². The number of nitriles is 1. The smallest absolute Gasteiger partial charge is 0.337 e. The lowest BCUT2D eigenvalue weighted by atomic mass is 9.91. The molecule has 0 fully saturated rings. The van der Waals surface area contributed by atoms with Gasteiger partial charge >= 0.3 is 11.9 Å². The lowest BCUT2D eigenvalue weighted by molar-refractivity contribution is -0.144. The second kappa shape index (κ2) is 8.38. The van der Waals surface area contributed by atoms with E-state index in [1.807, 2.05) is 0 Å². The molecule has 0 heterocycles. The number of benzene rings is 2. The lowest BCUT2D eigenvalue weighted by Crippen LogP contribution is -2.14. The van der Waals surface area contributed by atoms with E-state index in [-0.39, 0.29) is 44.5 Å². The van der Waals surface area contributed by atoms with Gasteiger partial charge in [0.2, 0.25) is 0 Å². The Morgan fingerprint density at radius 1 is 1.30 bits per heavy atom. The summed E-state index contributed by atoms with van der Waals surface area (Å²) in [7, 11) is 0. The topological polar surface area (TPSA) is 87.4 Å². The van der Waals surface area contributed by atoms with Crippen molar-refractivity contribution in [2.45, 2.75) is 19.8 Å². The van der Waals surface area contributed by atoms with Gasteiger partial charge in [0.05, 0.1) is 23.7 Å². The highest BCUT2D eigenvalue weighted by Crippen LogP contribution is 2.38. The molecule has 0 aliphatic rings. The molecule has 2 aromatic carbocycles. The van der Waals surface area contributed by atoms with E-state index in [4.69, 9.17) is 27.9 Å². The molecule has 0 saturated carbocycles. The highest BCUT2D eigenvalue weighted by molar-refractivity contribution is 6.34. The van der Waals surface area contributed by atoms with E-state index in [0.717, 1.165) is 6.07 Å². The Morgan fingerprint density at radius 2 is 1.96 bits per heavy atom. The number of carbonyl (C=O) groups is 2. The Labute approximate surface area is 164 Å².